The van der Waals surface area contributed by atoms with Crippen LogP contribution in [-0.4, -0.2) is 19.0 Å². The monoisotopic (exact) mass is 258 g/mol. The second-order valence-electron chi connectivity index (χ2n) is 4.89. The third kappa shape index (κ3) is 4.21. The summed E-state index contributed by atoms with van der Waals surface area (Å²) >= 11 is 0. The molecule has 3 nitrogen and oxygen atoms in total. The van der Waals surface area contributed by atoms with E-state index in [0.29, 0.717) is 12.5 Å². The molecule has 1 aromatic rings. The number of hydrogen-bond donors (Lipinski definition) is 1. The van der Waals surface area contributed by atoms with Gasteiger partial charge in [-0.1, -0.05) is 37.3 Å². The molecule has 3 heteroatoms. The third-order valence-corrected chi connectivity index (χ3v) is 3.41. The van der Waals surface area contributed by atoms with Gasteiger partial charge in [0.05, 0.1) is 13.2 Å². The molecule has 0 radical (unpaired) electrons. The standard InChI is InChI=1S/C16H22N2O/c1-2-13(12-19-16-7-4-8-18-16)9-14-5-3-6-15(10-14)11-17/h3-7,10,13H,2,8-9,11-12,17H2,1H3. The van der Waals surface area contributed by atoms with Gasteiger partial charge in [0, 0.05) is 6.54 Å². The molecule has 0 aromatic heterocycles. The van der Waals surface area contributed by atoms with Gasteiger partial charge in [0.15, 0.2) is 0 Å². The molecule has 0 bridgehead atoms. The van der Waals surface area contributed by atoms with Crippen LogP contribution in [0.2, 0.25) is 0 Å². The maximum Gasteiger partial charge on any atom is 0.208 e. The van der Waals surface area contributed by atoms with Crippen LogP contribution >= 0.6 is 0 Å². The van der Waals surface area contributed by atoms with Gasteiger partial charge in [-0.15, -0.1) is 0 Å². The minimum atomic E-state index is 0.518. The lowest BCUT2D eigenvalue weighted by Gasteiger charge is -2.16. The Morgan fingerprint density at radius 2 is 2.21 bits per heavy atom. The first-order valence-corrected chi connectivity index (χ1v) is 6.93. The zero-order valence-electron chi connectivity index (χ0n) is 11.5. The van der Waals surface area contributed by atoms with E-state index in [1.807, 2.05) is 12.2 Å². The first kappa shape index (κ1) is 13.8. The fourth-order valence-electron chi connectivity index (χ4n) is 2.18. The van der Waals surface area contributed by atoms with Crippen LogP contribution in [0.25, 0.3) is 0 Å². The lowest BCUT2D eigenvalue weighted by Crippen LogP contribution is -2.14. The molecule has 1 unspecified atom stereocenters. The van der Waals surface area contributed by atoms with E-state index < -0.39 is 0 Å². The van der Waals surface area contributed by atoms with E-state index >= 15 is 0 Å². The Morgan fingerprint density at radius 3 is 2.89 bits per heavy atom. The minimum absolute atomic E-state index is 0.518. The molecule has 1 aromatic carbocycles. The summed E-state index contributed by atoms with van der Waals surface area (Å²) in [6.45, 7) is 4.28. The molecule has 1 aliphatic rings. The first-order valence-electron chi connectivity index (χ1n) is 6.93. The van der Waals surface area contributed by atoms with Gasteiger partial charge in [-0.3, -0.25) is 0 Å². The van der Waals surface area contributed by atoms with Crippen molar-refractivity contribution in [3.63, 3.8) is 0 Å². The Balaban J connectivity index is 1.88. The van der Waals surface area contributed by atoms with Crippen molar-refractivity contribution in [2.24, 2.45) is 16.6 Å². The van der Waals surface area contributed by atoms with E-state index in [0.717, 1.165) is 31.9 Å². The zero-order chi connectivity index (χ0) is 13.5. The molecule has 19 heavy (non-hydrogen) atoms. The Labute approximate surface area is 115 Å². The molecule has 1 atom stereocenters. The van der Waals surface area contributed by atoms with E-state index in [4.69, 9.17) is 10.5 Å². The molecule has 0 spiro atoms. The molecule has 2 rings (SSSR count). The van der Waals surface area contributed by atoms with Crippen molar-refractivity contribution in [1.29, 1.82) is 0 Å². The van der Waals surface area contributed by atoms with Crippen molar-refractivity contribution in [2.45, 2.75) is 26.3 Å². The van der Waals surface area contributed by atoms with E-state index in [9.17, 15) is 0 Å². The smallest absolute Gasteiger partial charge is 0.208 e. The largest absolute Gasteiger partial charge is 0.478 e. The summed E-state index contributed by atoms with van der Waals surface area (Å²) in [6, 6.07) is 8.50. The molecule has 0 amide bonds. The highest BCUT2D eigenvalue weighted by atomic mass is 16.5. The Kier molecular flexibility index (Phi) is 5.16. The Hall–Kier alpha value is -1.61. The quantitative estimate of drug-likeness (QED) is 0.852. The molecular formula is C16H22N2O. The predicted octanol–water partition coefficient (Wildman–Crippen LogP) is 2.70. The molecule has 0 saturated heterocycles. The molecule has 1 aliphatic heterocycles. The summed E-state index contributed by atoms with van der Waals surface area (Å²) in [5.41, 5.74) is 8.20. The van der Waals surface area contributed by atoms with Crippen molar-refractivity contribution in [3.8, 4) is 0 Å². The van der Waals surface area contributed by atoms with Crippen molar-refractivity contribution < 1.29 is 4.74 Å². The van der Waals surface area contributed by atoms with Crippen LogP contribution in [0, 0.1) is 5.92 Å². The van der Waals surface area contributed by atoms with Crippen LogP contribution in [-0.2, 0) is 17.7 Å². The summed E-state index contributed by atoms with van der Waals surface area (Å²) in [5.74, 6) is 1.29. The maximum absolute atomic E-state index is 5.72. The van der Waals surface area contributed by atoms with Gasteiger partial charge in [-0.25, -0.2) is 4.99 Å². The number of aliphatic imine (C=N–C) groups is 1. The van der Waals surface area contributed by atoms with Gasteiger partial charge in [0.2, 0.25) is 5.90 Å². The highest BCUT2D eigenvalue weighted by Crippen LogP contribution is 2.15. The molecular weight excluding hydrogens is 236 g/mol. The van der Waals surface area contributed by atoms with Gasteiger partial charge in [-0.2, -0.15) is 0 Å². The lowest BCUT2D eigenvalue weighted by atomic mass is 9.96. The van der Waals surface area contributed by atoms with E-state index in [1.165, 1.54) is 11.1 Å². The van der Waals surface area contributed by atoms with Gasteiger partial charge >= 0.3 is 0 Å². The lowest BCUT2D eigenvalue weighted by molar-refractivity contribution is 0.234. The Morgan fingerprint density at radius 1 is 1.37 bits per heavy atom. The van der Waals surface area contributed by atoms with Gasteiger partial charge in [0.25, 0.3) is 0 Å². The second kappa shape index (κ2) is 7.10. The number of hydrogen-bond acceptors (Lipinski definition) is 3. The van der Waals surface area contributed by atoms with Crippen LogP contribution in [0.3, 0.4) is 0 Å². The number of nitrogens with zero attached hydrogens (tertiary/aromatic N) is 1. The minimum Gasteiger partial charge on any atom is -0.478 e. The van der Waals surface area contributed by atoms with Crippen molar-refractivity contribution >= 4 is 5.90 Å². The maximum atomic E-state index is 5.72. The van der Waals surface area contributed by atoms with Crippen molar-refractivity contribution in [2.75, 3.05) is 13.2 Å². The fraction of sp³-hybridized carbons (Fsp3) is 0.438. The summed E-state index contributed by atoms with van der Waals surface area (Å²) in [6.07, 6.45) is 6.09. The normalized spacial score (nSPS) is 15.4. The highest BCUT2D eigenvalue weighted by molar-refractivity contribution is 5.89. The molecule has 1 heterocycles. The van der Waals surface area contributed by atoms with Crippen LogP contribution in [0.4, 0.5) is 0 Å². The van der Waals surface area contributed by atoms with E-state index in [-0.39, 0.29) is 0 Å². The number of nitrogens with two attached hydrogens (primary N) is 1. The summed E-state index contributed by atoms with van der Waals surface area (Å²) in [5, 5.41) is 0. The zero-order valence-corrected chi connectivity index (χ0v) is 11.5. The predicted molar refractivity (Wildman–Crippen MR) is 79.2 cm³/mol. The molecule has 2 N–H and O–H groups in total. The number of benzene rings is 1. The summed E-state index contributed by atoms with van der Waals surface area (Å²) in [4.78, 5) is 4.24. The van der Waals surface area contributed by atoms with Gasteiger partial charge in [0.1, 0.15) is 0 Å². The molecule has 0 fully saturated rings. The van der Waals surface area contributed by atoms with Crippen LogP contribution < -0.4 is 5.73 Å². The Bertz CT molecular complexity index is 466. The van der Waals surface area contributed by atoms with Gasteiger partial charge in [-0.05, 0) is 36.0 Å². The van der Waals surface area contributed by atoms with Crippen LogP contribution in [0.15, 0.2) is 41.4 Å². The fourth-order valence-corrected chi connectivity index (χ4v) is 2.18. The first-order chi connectivity index (χ1) is 9.31. The number of rotatable bonds is 6. The summed E-state index contributed by atoms with van der Waals surface area (Å²) < 4.78 is 5.72. The van der Waals surface area contributed by atoms with Crippen LogP contribution in [0.1, 0.15) is 24.5 Å². The topological polar surface area (TPSA) is 47.6 Å². The average Bonchev–Trinajstić information content (AvgIpc) is 2.97. The van der Waals surface area contributed by atoms with Crippen molar-refractivity contribution in [3.05, 3.63) is 47.5 Å². The highest BCUT2D eigenvalue weighted by Gasteiger charge is 2.10. The third-order valence-electron chi connectivity index (χ3n) is 3.41. The SMILES string of the molecule is CCC(COC1=NCC=C1)Cc1cccc(CN)c1. The second-order valence-corrected chi connectivity index (χ2v) is 4.89. The summed E-state index contributed by atoms with van der Waals surface area (Å²) in [7, 11) is 0. The molecule has 0 saturated carbocycles. The van der Waals surface area contributed by atoms with Crippen LogP contribution in [0.5, 0.6) is 0 Å². The van der Waals surface area contributed by atoms with Gasteiger partial charge < -0.3 is 10.5 Å². The van der Waals surface area contributed by atoms with Crippen molar-refractivity contribution in [1.82, 2.24) is 0 Å². The van der Waals surface area contributed by atoms with E-state index in [1.54, 1.807) is 0 Å². The molecule has 0 aliphatic carbocycles. The van der Waals surface area contributed by atoms with E-state index in [2.05, 4.69) is 36.2 Å². The number of ether oxygens (including phenoxy) is 1. The molecule has 102 valence electrons. The average molecular weight is 258 g/mol.